The molecule has 1 aliphatic rings. The highest BCUT2D eigenvalue weighted by Gasteiger charge is 2.24. The van der Waals surface area contributed by atoms with E-state index < -0.39 is 0 Å². The van der Waals surface area contributed by atoms with Crippen LogP contribution in [0.1, 0.15) is 48.5 Å². The Balaban J connectivity index is 1.68. The largest absolute Gasteiger partial charge is 0.508 e. The summed E-state index contributed by atoms with van der Waals surface area (Å²) in [5.74, 6) is 0.977. The second-order valence-electron chi connectivity index (χ2n) is 9.29. The smallest absolute Gasteiger partial charge is 0.163 e. The van der Waals surface area contributed by atoms with Crippen LogP contribution in [0.3, 0.4) is 0 Å². The summed E-state index contributed by atoms with van der Waals surface area (Å²) in [7, 11) is 4.26. The van der Waals surface area contributed by atoms with Crippen LogP contribution in [-0.4, -0.2) is 52.4 Å². The van der Waals surface area contributed by atoms with Crippen LogP contribution in [0.2, 0.25) is 0 Å². The SMILES string of the molecule is CC(=O)c1cnc2ccc(-c3ccc(O)c(C)c3)nc2c1N[C@H]1CC[C@H](CN(C)C)CC1. The molecule has 6 nitrogen and oxygen atoms in total. The monoisotopic (exact) mass is 432 g/mol. The van der Waals surface area contributed by atoms with E-state index in [1.807, 2.05) is 31.2 Å². The maximum absolute atomic E-state index is 12.4. The van der Waals surface area contributed by atoms with Crippen molar-refractivity contribution < 1.29 is 9.90 Å². The van der Waals surface area contributed by atoms with Crippen LogP contribution in [0.5, 0.6) is 5.75 Å². The fourth-order valence-corrected chi connectivity index (χ4v) is 4.66. The molecule has 6 heteroatoms. The predicted molar refractivity (Wildman–Crippen MR) is 129 cm³/mol. The zero-order valence-corrected chi connectivity index (χ0v) is 19.4. The number of ketones is 1. The van der Waals surface area contributed by atoms with Gasteiger partial charge in [-0.1, -0.05) is 0 Å². The first-order valence-electron chi connectivity index (χ1n) is 11.3. The number of hydrogen-bond acceptors (Lipinski definition) is 6. The Hall–Kier alpha value is -2.99. The van der Waals surface area contributed by atoms with Gasteiger partial charge in [0.1, 0.15) is 11.3 Å². The third-order valence-corrected chi connectivity index (χ3v) is 6.40. The number of fused-ring (bicyclic) bond motifs is 1. The summed E-state index contributed by atoms with van der Waals surface area (Å²) < 4.78 is 0. The molecule has 0 aliphatic heterocycles. The van der Waals surface area contributed by atoms with Gasteiger partial charge in [0.05, 0.1) is 22.5 Å². The second-order valence-corrected chi connectivity index (χ2v) is 9.29. The summed E-state index contributed by atoms with van der Waals surface area (Å²) in [6.45, 7) is 4.57. The number of pyridine rings is 2. The third kappa shape index (κ3) is 4.75. The van der Waals surface area contributed by atoms with Crippen molar-refractivity contribution >= 4 is 22.5 Å². The van der Waals surface area contributed by atoms with Crippen molar-refractivity contribution in [3.05, 3.63) is 47.7 Å². The van der Waals surface area contributed by atoms with E-state index in [4.69, 9.17) is 4.98 Å². The molecule has 1 aromatic carbocycles. The molecule has 2 heterocycles. The molecule has 0 saturated heterocycles. The van der Waals surface area contributed by atoms with E-state index >= 15 is 0 Å². The topological polar surface area (TPSA) is 78.3 Å². The highest BCUT2D eigenvalue weighted by molar-refractivity contribution is 6.06. The van der Waals surface area contributed by atoms with Gasteiger partial charge in [0, 0.05) is 24.3 Å². The Morgan fingerprint density at radius 1 is 1.16 bits per heavy atom. The molecule has 1 saturated carbocycles. The molecule has 4 rings (SSSR count). The summed E-state index contributed by atoms with van der Waals surface area (Å²) >= 11 is 0. The van der Waals surface area contributed by atoms with E-state index in [0.717, 1.165) is 58.8 Å². The first kappa shape index (κ1) is 22.2. The lowest BCUT2D eigenvalue weighted by Gasteiger charge is -2.31. The van der Waals surface area contributed by atoms with Crippen LogP contribution < -0.4 is 5.32 Å². The Morgan fingerprint density at radius 2 is 1.91 bits per heavy atom. The average molecular weight is 433 g/mol. The van der Waals surface area contributed by atoms with E-state index in [9.17, 15) is 9.90 Å². The summed E-state index contributed by atoms with van der Waals surface area (Å²) in [5, 5.41) is 13.5. The minimum Gasteiger partial charge on any atom is -0.508 e. The van der Waals surface area contributed by atoms with Gasteiger partial charge >= 0.3 is 0 Å². The van der Waals surface area contributed by atoms with Gasteiger partial charge in [0.25, 0.3) is 0 Å². The number of nitrogens with one attached hydrogen (secondary N) is 1. The Bertz CT molecular complexity index is 1130. The highest BCUT2D eigenvalue weighted by atomic mass is 16.3. The molecule has 0 amide bonds. The second kappa shape index (κ2) is 9.25. The quantitative estimate of drug-likeness (QED) is 0.531. The molecular weight excluding hydrogens is 400 g/mol. The Kier molecular flexibility index (Phi) is 6.42. The van der Waals surface area contributed by atoms with Crippen LogP contribution >= 0.6 is 0 Å². The van der Waals surface area contributed by atoms with Crippen LogP contribution in [0.15, 0.2) is 36.5 Å². The van der Waals surface area contributed by atoms with E-state index in [2.05, 4.69) is 29.3 Å². The van der Waals surface area contributed by atoms with Gasteiger partial charge in [-0.2, -0.15) is 0 Å². The molecule has 1 fully saturated rings. The highest BCUT2D eigenvalue weighted by Crippen LogP contribution is 2.33. The molecule has 32 heavy (non-hydrogen) atoms. The van der Waals surface area contributed by atoms with E-state index in [1.165, 1.54) is 12.8 Å². The predicted octanol–water partition coefficient (Wildman–Crippen LogP) is 5.05. The lowest BCUT2D eigenvalue weighted by molar-refractivity contribution is 0.101. The molecule has 1 aliphatic carbocycles. The number of aryl methyl sites for hydroxylation is 1. The van der Waals surface area contributed by atoms with Gasteiger partial charge < -0.3 is 15.3 Å². The van der Waals surface area contributed by atoms with Gasteiger partial charge in [0.15, 0.2) is 5.78 Å². The first-order valence-corrected chi connectivity index (χ1v) is 11.3. The fourth-order valence-electron chi connectivity index (χ4n) is 4.66. The molecule has 168 valence electrons. The number of rotatable bonds is 6. The summed E-state index contributed by atoms with van der Waals surface area (Å²) in [4.78, 5) is 24.1. The van der Waals surface area contributed by atoms with Gasteiger partial charge in [-0.3, -0.25) is 9.78 Å². The van der Waals surface area contributed by atoms with Crippen molar-refractivity contribution in [2.45, 2.75) is 45.6 Å². The van der Waals surface area contributed by atoms with Gasteiger partial charge in [-0.15, -0.1) is 0 Å². The van der Waals surface area contributed by atoms with Gasteiger partial charge in [-0.05, 0) is 95.4 Å². The van der Waals surface area contributed by atoms with Crippen molar-refractivity contribution in [2.75, 3.05) is 26.0 Å². The Morgan fingerprint density at radius 3 is 2.56 bits per heavy atom. The number of hydrogen-bond donors (Lipinski definition) is 2. The lowest BCUT2D eigenvalue weighted by atomic mass is 9.85. The summed E-state index contributed by atoms with van der Waals surface area (Å²) in [5.41, 5.74) is 5.36. The molecule has 0 atom stereocenters. The van der Waals surface area contributed by atoms with Crippen molar-refractivity contribution in [3.63, 3.8) is 0 Å². The molecule has 0 radical (unpaired) electrons. The number of carbonyl (C=O) groups excluding carboxylic acids is 1. The van der Waals surface area contributed by atoms with Crippen LogP contribution in [-0.2, 0) is 0 Å². The minimum absolute atomic E-state index is 0.0177. The maximum atomic E-state index is 12.4. The molecule has 0 spiro atoms. The number of phenols is 1. The van der Waals surface area contributed by atoms with E-state index in [0.29, 0.717) is 11.6 Å². The maximum Gasteiger partial charge on any atom is 0.163 e. The number of carbonyl (C=O) groups is 1. The summed E-state index contributed by atoms with van der Waals surface area (Å²) in [6, 6.07) is 9.67. The molecule has 0 unspecified atom stereocenters. The van der Waals surface area contributed by atoms with Crippen molar-refractivity contribution in [3.8, 4) is 17.0 Å². The van der Waals surface area contributed by atoms with Crippen LogP contribution in [0, 0.1) is 12.8 Å². The number of aromatic hydroxyl groups is 1. The van der Waals surface area contributed by atoms with Gasteiger partial charge in [0.2, 0.25) is 0 Å². The van der Waals surface area contributed by atoms with Crippen LogP contribution in [0.25, 0.3) is 22.3 Å². The number of benzene rings is 1. The van der Waals surface area contributed by atoms with Crippen molar-refractivity contribution in [2.24, 2.45) is 5.92 Å². The standard InChI is InChI=1S/C26H32N4O2/c1-16-13-19(7-12-24(16)32)22-10-11-23-26(29-22)25(21(14-27-23)17(2)31)28-20-8-5-18(6-9-20)15-30(3)4/h7,10-14,18,20,32H,5-6,8-9,15H2,1-4H3,(H,27,28)/t18-,20-. The minimum atomic E-state index is -0.0177. The lowest BCUT2D eigenvalue weighted by Crippen LogP contribution is -2.31. The molecule has 0 bridgehead atoms. The van der Waals surface area contributed by atoms with Crippen molar-refractivity contribution in [1.29, 1.82) is 0 Å². The number of phenolic OH excluding ortho intramolecular Hbond substituents is 1. The van der Waals surface area contributed by atoms with Crippen molar-refractivity contribution in [1.82, 2.24) is 14.9 Å². The zero-order valence-electron chi connectivity index (χ0n) is 19.4. The van der Waals surface area contributed by atoms with Crippen LogP contribution in [0.4, 0.5) is 5.69 Å². The fraction of sp³-hybridized carbons (Fsp3) is 0.423. The number of nitrogens with zero attached hydrogens (tertiary/aromatic N) is 3. The average Bonchev–Trinajstić information content (AvgIpc) is 2.76. The Labute approximate surface area is 189 Å². The third-order valence-electron chi connectivity index (χ3n) is 6.40. The first-order chi connectivity index (χ1) is 15.3. The molecule has 3 aromatic rings. The van der Waals surface area contributed by atoms with Gasteiger partial charge in [-0.25, -0.2) is 4.98 Å². The summed E-state index contributed by atoms with van der Waals surface area (Å²) in [6.07, 6.45) is 6.18. The zero-order chi connectivity index (χ0) is 22.8. The van der Waals surface area contributed by atoms with E-state index in [-0.39, 0.29) is 11.5 Å². The molecule has 2 N–H and O–H groups in total. The molecule has 2 aromatic heterocycles. The number of Topliss-reactive ketones (excluding diaryl/α,β-unsaturated/α-hetero) is 1. The molecular formula is C26H32N4O2. The normalized spacial score (nSPS) is 18.8. The van der Waals surface area contributed by atoms with E-state index in [1.54, 1.807) is 19.2 Å². The number of aromatic nitrogens is 2. The number of anilines is 1.